The lowest BCUT2D eigenvalue weighted by Gasteiger charge is -2.48. The summed E-state index contributed by atoms with van der Waals surface area (Å²) in [4.78, 5) is 49.1. The number of piperazine rings is 1. The first-order valence-corrected chi connectivity index (χ1v) is 15.1. The molecule has 15 heteroatoms. The number of carbonyl (C=O) groups is 2. The number of halogens is 2. The summed E-state index contributed by atoms with van der Waals surface area (Å²) >= 11 is 12.5. The highest BCUT2D eigenvalue weighted by molar-refractivity contribution is 6.32. The molecule has 1 atom stereocenters. The van der Waals surface area contributed by atoms with Crippen molar-refractivity contribution in [1.82, 2.24) is 30.1 Å². The molecule has 2 fully saturated rings. The van der Waals surface area contributed by atoms with Gasteiger partial charge in [0.2, 0.25) is 5.96 Å². The number of anilines is 3. The normalized spacial score (nSPS) is 19.0. The number of aromatic nitrogens is 3. The highest BCUT2D eigenvalue weighted by Gasteiger charge is 2.36. The fourth-order valence-electron chi connectivity index (χ4n) is 5.58. The summed E-state index contributed by atoms with van der Waals surface area (Å²) in [5.41, 5.74) is 18.8. The maximum absolute atomic E-state index is 13.1. The Morgan fingerprint density at radius 1 is 1.09 bits per heavy atom. The van der Waals surface area contributed by atoms with Crippen molar-refractivity contribution in [1.29, 1.82) is 0 Å². The Labute approximate surface area is 261 Å². The quantitative estimate of drug-likeness (QED) is 0.201. The van der Waals surface area contributed by atoms with Crippen molar-refractivity contribution in [3.8, 4) is 0 Å². The van der Waals surface area contributed by atoms with E-state index >= 15 is 0 Å². The predicted molar refractivity (Wildman–Crippen MR) is 170 cm³/mol. The highest BCUT2D eigenvalue weighted by atomic mass is 35.5. The van der Waals surface area contributed by atoms with Crippen molar-refractivity contribution < 1.29 is 9.59 Å². The minimum atomic E-state index is -0.642. The molecule has 43 heavy (non-hydrogen) atoms. The fraction of sp³-hybridized carbons (Fsp3) is 0.500. The third-order valence-electron chi connectivity index (χ3n) is 7.83. The molecule has 0 saturated carbocycles. The summed E-state index contributed by atoms with van der Waals surface area (Å²) in [7, 11) is 0. The van der Waals surface area contributed by atoms with Crippen LogP contribution in [-0.2, 0) is 0 Å². The predicted octanol–water partition coefficient (Wildman–Crippen LogP) is 2.91. The van der Waals surface area contributed by atoms with Crippen molar-refractivity contribution in [2.24, 2.45) is 10.7 Å². The molecule has 2 amide bonds. The zero-order chi connectivity index (χ0) is 31.3. The average molecular weight is 633 g/mol. The minimum Gasteiger partial charge on any atom is -0.383 e. The first-order valence-electron chi connectivity index (χ1n) is 14.4. The monoisotopic (exact) mass is 631 g/mol. The van der Waals surface area contributed by atoms with Crippen LogP contribution in [-0.4, -0.2) is 87.3 Å². The van der Waals surface area contributed by atoms with Gasteiger partial charge in [-0.05, 0) is 45.2 Å². The summed E-state index contributed by atoms with van der Waals surface area (Å²) in [5.74, 6) is -0.306. The van der Waals surface area contributed by atoms with Crippen LogP contribution in [0.3, 0.4) is 0 Å². The van der Waals surface area contributed by atoms with Crippen LogP contribution in [0.1, 0.15) is 67.3 Å². The smallest absolute Gasteiger partial charge is 0.280 e. The number of guanidine groups is 1. The van der Waals surface area contributed by atoms with Crippen LogP contribution in [0.15, 0.2) is 28.9 Å². The number of pyridine rings is 1. The minimum absolute atomic E-state index is 0.0458. The number of nitrogens with two attached hydrogens (primary N) is 3. The molecule has 0 unspecified atom stereocenters. The molecule has 0 bridgehead atoms. The summed E-state index contributed by atoms with van der Waals surface area (Å²) in [5, 5.41) is 2.82. The van der Waals surface area contributed by atoms with Crippen molar-refractivity contribution in [2.75, 3.05) is 49.1 Å². The van der Waals surface area contributed by atoms with Crippen molar-refractivity contribution in [2.45, 2.75) is 58.5 Å². The Bertz CT molecular complexity index is 1410. The number of piperidine rings is 1. The molecule has 13 nitrogen and oxygen atoms in total. The molecule has 4 heterocycles. The lowest BCUT2D eigenvalue weighted by Crippen LogP contribution is -2.59. The van der Waals surface area contributed by atoms with Gasteiger partial charge in [0.25, 0.3) is 11.8 Å². The first kappa shape index (κ1) is 32.2. The second kappa shape index (κ2) is 14.2. The maximum atomic E-state index is 13.1. The first-order chi connectivity index (χ1) is 20.5. The van der Waals surface area contributed by atoms with Crippen LogP contribution in [0.4, 0.5) is 17.5 Å². The van der Waals surface area contributed by atoms with Gasteiger partial charge in [0.15, 0.2) is 22.5 Å². The average Bonchev–Trinajstić information content (AvgIpc) is 2.98. The fourth-order valence-corrected chi connectivity index (χ4v) is 5.98. The topological polar surface area (TPSA) is 185 Å². The molecule has 2 aliphatic rings. The Morgan fingerprint density at radius 2 is 1.81 bits per heavy atom. The molecule has 2 aromatic heterocycles. The number of amides is 2. The molecule has 0 aromatic carbocycles. The van der Waals surface area contributed by atoms with E-state index in [1.54, 1.807) is 25.1 Å². The number of allylic oxidation sites excluding steroid dienone is 2. The highest BCUT2D eigenvalue weighted by Crippen LogP contribution is 2.30. The number of nitrogens with one attached hydrogen (secondary N) is 1. The van der Waals surface area contributed by atoms with Crippen LogP contribution < -0.4 is 27.4 Å². The number of hydrogen-bond donors (Lipinski definition) is 4. The van der Waals surface area contributed by atoms with Gasteiger partial charge >= 0.3 is 0 Å². The van der Waals surface area contributed by atoms with Gasteiger partial charge < -0.3 is 27.0 Å². The van der Waals surface area contributed by atoms with E-state index in [0.717, 1.165) is 32.2 Å². The number of nitrogen functional groups attached to an aromatic ring is 2. The van der Waals surface area contributed by atoms with Crippen LogP contribution in [0.2, 0.25) is 10.3 Å². The Hall–Kier alpha value is -3.68. The molecule has 0 aliphatic carbocycles. The van der Waals surface area contributed by atoms with Crippen LogP contribution >= 0.6 is 23.2 Å². The van der Waals surface area contributed by atoms with E-state index in [4.69, 9.17) is 40.4 Å². The van der Waals surface area contributed by atoms with Gasteiger partial charge in [-0.3, -0.25) is 19.8 Å². The second-order valence-corrected chi connectivity index (χ2v) is 11.4. The molecule has 2 aliphatic heterocycles. The molecule has 0 spiro atoms. The summed E-state index contributed by atoms with van der Waals surface area (Å²) in [6, 6.07) is 3.79. The maximum Gasteiger partial charge on any atom is 0.280 e. The zero-order valence-electron chi connectivity index (χ0n) is 24.7. The summed E-state index contributed by atoms with van der Waals surface area (Å²) in [6.45, 7) is 9.12. The second-order valence-electron chi connectivity index (χ2n) is 10.7. The SMILES string of the molecule is C/C=C(\C)N=C(N)NC(=O)c1nc(Cl)c(N2CCN(C3CCN(C(=O)c4ccc(Cl)nc4N)CC3)[C@@H](CCC)C2)nc1N. The largest absolute Gasteiger partial charge is 0.383 e. The van der Waals surface area contributed by atoms with Gasteiger partial charge in [-0.2, -0.15) is 0 Å². The number of likely N-dealkylation sites (tertiary alicyclic amines) is 1. The molecule has 7 N–H and O–H groups in total. The van der Waals surface area contributed by atoms with Crippen LogP contribution in [0.25, 0.3) is 0 Å². The lowest BCUT2D eigenvalue weighted by atomic mass is 9.97. The van der Waals surface area contributed by atoms with Crippen molar-refractivity contribution in [3.63, 3.8) is 0 Å². The number of hydrogen-bond acceptors (Lipinski definition) is 10. The molecular formula is C28H39Cl2N11O2. The Balaban J connectivity index is 1.41. The summed E-state index contributed by atoms with van der Waals surface area (Å²) in [6.07, 6.45) is 5.44. The molecule has 0 radical (unpaired) electrons. The van der Waals surface area contributed by atoms with Crippen molar-refractivity contribution >= 4 is 58.4 Å². The summed E-state index contributed by atoms with van der Waals surface area (Å²) < 4.78 is 0. The van der Waals surface area contributed by atoms with E-state index in [1.165, 1.54) is 0 Å². The zero-order valence-corrected chi connectivity index (χ0v) is 26.2. The lowest BCUT2D eigenvalue weighted by molar-refractivity contribution is 0.0481. The van der Waals surface area contributed by atoms with Crippen molar-refractivity contribution in [3.05, 3.63) is 45.5 Å². The Kier molecular flexibility index (Phi) is 10.6. The van der Waals surface area contributed by atoms with Gasteiger partial charge in [0.05, 0.1) is 5.56 Å². The number of aliphatic imine (C=N–C) groups is 1. The third-order valence-corrected chi connectivity index (χ3v) is 8.29. The molecule has 4 rings (SSSR count). The van der Waals surface area contributed by atoms with E-state index in [-0.39, 0.29) is 45.5 Å². The van der Waals surface area contributed by atoms with Gasteiger partial charge in [0, 0.05) is 50.5 Å². The van der Waals surface area contributed by atoms with Gasteiger partial charge in [-0.15, -0.1) is 0 Å². The molecular weight excluding hydrogens is 593 g/mol. The van der Waals surface area contributed by atoms with Crippen LogP contribution in [0.5, 0.6) is 0 Å². The van der Waals surface area contributed by atoms with E-state index in [0.29, 0.717) is 49.3 Å². The molecule has 232 valence electrons. The van der Waals surface area contributed by atoms with Crippen LogP contribution in [0, 0.1) is 0 Å². The Morgan fingerprint density at radius 3 is 2.47 bits per heavy atom. The standard InChI is InChI=1S/C28H39Cl2N11O2/c1-4-6-18-15-40(25-22(30)36-21(24(32)37-25)26(42)38-28(33)34-16(3)5-2)13-14-41(18)17-9-11-39(12-10-17)27(43)19-7-8-20(29)35-23(19)31/h5,7-8,17-18H,4,6,9-15H2,1-3H3,(H2,31,35)(H2,32,37)(H3,33,34,38,42)/b16-5+/t18-/m0/s1. The van der Waals surface area contributed by atoms with Gasteiger partial charge in [-0.1, -0.05) is 42.6 Å². The number of rotatable bonds is 7. The van der Waals surface area contributed by atoms with E-state index in [1.807, 2.05) is 11.8 Å². The van der Waals surface area contributed by atoms with E-state index in [2.05, 4.69) is 42.0 Å². The van der Waals surface area contributed by atoms with Gasteiger partial charge in [-0.25, -0.2) is 19.9 Å². The third kappa shape index (κ3) is 7.64. The van der Waals surface area contributed by atoms with E-state index < -0.39 is 5.91 Å². The molecule has 2 aromatic rings. The molecule has 2 saturated heterocycles. The van der Waals surface area contributed by atoms with E-state index in [9.17, 15) is 9.59 Å². The number of nitrogens with zero attached hydrogens (tertiary/aromatic N) is 7. The van der Waals surface area contributed by atoms with Gasteiger partial charge in [0.1, 0.15) is 11.0 Å². The number of carbonyl (C=O) groups excluding carboxylic acids is 2.